The molecule has 0 aliphatic rings. The predicted octanol–water partition coefficient (Wildman–Crippen LogP) is 8.80. The number of rotatable bonds is 17. The molecule has 1 aromatic rings. The fourth-order valence-electron chi connectivity index (χ4n) is 3.94. The third-order valence-corrected chi connectivity index (χ3v) is 6.40. The molecule has 30 heavy (non-hydrogen) atoms. The average Bonchev–Trinajstić information content (AvgIpc) is 2.71. The van der Waals surface area contributed by atoms with Crippen molar-refractivity contribution in [1.82, 2.24) is 0 Å². The van der Waals surface area contributed by atoms with Crippen molar-refractivity contribution in [3.05, 3.63) is 21.7 Å². The first-order chi connectivity index (χ1) is 14.5. The molecule has 1 aromatic carbocycles. The van der Waals surface area contributed by atoms with E-state index in [1.54, 1.807) is 6.07 Å². The molecule has 5 heteroatoms. The Labute approximate surface area is 191 Å². The van der Waals surface area contributed by atoms with Crippen LogP contribution in [0.2, 0.25) is 0 Å². The summed E-state index contributed by atoms with van der Waals surface area (Å²) in [6.07, 6.45) is 17.3. The molecule has 1 rings (SSSR count). The van der Waals surface area contributed by atoms with Crippen LogP contribution in [0.15, 0.2) is 10.5 Å². The van der Waals surface area contributed by atoms with Gasteiger partial charge in [-0.15, -0.1) is 0 Å². The van der Waals surface area contributed by atoms with E-state index in [2.05, 4.69) is 29.8 Å². The third kappa shape index (κ3) is 10.7. The van der Waals surface area contributed by atoms with Gasteiger partial charge in [0.15, 0.2) is 11.5 Å². The van der Waals surface area contributed by atoms with Crippen LogP contribution < -0.4 is 4.74 Å². The molecule has 0 radical (unpaired) electrons. The molecule has 0 saturated carbocycles. The summed E-state index contributed by atoms with van der Waals surface area (Å²) in [6.45, 7) is 4.45. The first-order valence-electron chi connectivity index (χ1n) is 11.9. The molecular formula is C25H41BrO4. The number of phenolic OH excluding ortho intramolecular Hbond substituents is 1. The predicted molar refractivity (Wildman–Crippen MR) is 128 cm³/mol. The standard InChI is InChI=1S/C25H41BrO4/c1-3-5-7-9-11-13-15-17-20-21(18-16-14-12-10-8-6-4-2)24(27)23(19-22(20)26)30-25(28)29/h19,27H,3-18H2,1-2H3,(H,28,29). The summed E-state index contributed by atoms with van der Waals surface area (Å²) in [7, 11) is 0. The van der Waals surface area contributed by atoms with Gasteiger partial charge in [0.25, 0.3) is 0 Å². The van der Waals surface area contributed by atoms with Crippen molar-refractivity contribution in [3.63, 3.8) is 0 Å². The monoisotopic (exact) mass is 484 g/mol. The van der Waals surface area contributed by atoms with Gasteiger partial charge in [-0.1, -0.05) is 107 Å². The molecule has 0 aliphatic carbocycles. The summed E-state index contributed by atoms with van der Waals surface area (Å²) >= 11 is 3.59. The fourth-order valence-corrected chi connectivity index (χ4v) is 4.58. The highest BCUT2D eigenvalue weighted by atomic mass is 79.9. The summed E-state index contributed by atoms with van der Waals surface area (Å²) < 4.78 is 5.64. The number of carbonyl (C=O) groups is 1. The second kappa shape index (κ2) is 16.5. The summed E-state index contributed by atoms with van der Waals surface area (Å²) in [6, 6.07) is 1.59. The number of hydrogen-bond donors (Lipinski definition) is 2. The Hall–Kier alpha value is -1.23. The molecule has 0 bridgehead atoms. The van der Waals surface area contributed by atoms with Crippen molar-refractivity contribution in [1.29, 1.82) is 0 Å². The molecular weight excluding hydrogens is 444 g/mol. The van der Waals surface area contributed by atoms with E-state index < -0.39 is 6.16 Å². The van der Waals surface area contributed by atoms with Gasteiger partial charge in [-0.25, -0.2) is 4.79 Å². The highest BCUT2D eigenvalue weighted by Gasteiger charge is 2.19. The molecule has 0 aromatic heterocycles. The molecule has 0 unspecified atom stereocenters. The SMILES string of the molecule is CCCCCCCCCc1c(Br)cc(OC(=O)O)c(O)c1CCCCCCCCC. The number of halogens is 1. The number of carboxylic acid groups (broad SMARTS) is 1. The Morgan fingerprint density at radius 1 is 0.800 bits per heavy atom. The van der Waals surface area contributed by atoms with E-state index in [9.17, 15) is 9.90 Å². The normalized spacial score (nSPS) is 11.0. The van der Waals surface area contributed by atoms with Crippen molar-refractivity contribution in [2.75, 3.05) is 0 Å². The molecule has 0 saturated heterocycles. The van der Waals surface area contributed by atoms with Gasteiger partial charge in [-0.05, 0) is 37.3 Å². The van der Waals surface area contributed by atoms with Gasteiger partial charge < -0.3 is 14.9 Å². The first-order valence-corrected chi connectivity index (χ1v) is 12.7. The Kier molecular flexibility index (Phi) is 14.7. The molecule has 0 fully saturated rings. The Morgan fingerprint density at radius 2 is 1.23 bits per heavy atom. The highest BCUT2D eigenvalue weighted by molar-refractivity contribution is 9.10. The molecule has 0 heterocycles. The van der Waals surface area contributed by atoms with Gasteiger partial charge in [0.1, 0.15) is 0 Å². The maximum atomic E-state index is 11.0. The lowest BCUT2D eigenvalue weighted by Crippen LogP contribution is -2.06. The lowest BCUT2D eigenvalue weighted by Gasteiger charge is -2.16. The summed E-state index contributed by atoms with van der Waals surface area (Å²) in [4.78, 5) is 11.0. The maximum Gasteiger partial charge on any atom is 0.511 e. The van der Waals surface area contributed by atoms with Crippen molar-refractivity contribution >= 4 is 22.1 Å². The zero-order chi connectivity index (χ0) is 22.2. The second-order valence-corrected chi connectivity index (χ2v) is 9.13. The van der Waals surface area contributed by atoms with E-state index in [4.69, 9.17) is 9.84 Å². The van der Waals surface area contributed by atoms with Gasteiger partial charge in [0, 0.05) is 10.0 Å². The van der Waals surface area contributed by atoms with E-state index in [1.807, 2.05) is 0 Å². The lowest BCUT2D eigenvalue weighted by molar-refractivity contribution is 0.142. The summed E-state index contributed by atoms with van der Waals surface area (Å²) in [5.74, 6) is 0.0140. The number of ether oxygens (including phenoxy) is 1. The lowest BCUT2D eigenvalue weighted by atomic mass is 9.95. The van der Waals surface area contributed by atoms with Crippen LogP contribution in [0.3, 0.4) is 0 Å². The van der Waals surface area contributed by atoms with Crippen LogP contribution in [0, 0.1) is 0 Å². The van der Waals surface area contributed by atoms with Crippen molar-refractivity contribution in [2.45, 2.75) is 117 Å². The minimum atomic E-state index is -1.40. The van der Waals surface area contributed by atoms with Crippen LogP contribution in [-0.2, 0) is 12.8 Å². The molecule has 0 spiro atoms. The molecule has 172 valence electrons. The number of unbranched alkanes of at least 4 members (excludes halogenated alkanes) is 12. The zero-order valence-corrected chi connectivity index (χ0v) is 20.6. The Morgan fingerprint density at radius 3 is 1.70 bits per heavy atom. The maximum absolute atomic E-state index is 11.0. The van der Waals surface area contributed by atoms with Crippen LogP contribution in [0.25, 0.3) is 0 Å². The van der Waals surface area contributed by atoms with Crippen LogP contribution in [0.4, 0.5) is 4.79 Å². The first kappa shape index (κ1) is 26.8. The molecule has 0 atom stereocenters. The topological polar surface area (TPSA) is 66.8 Å². The number of phenols is 1. The Bertz CT molecular complexity index is 616. The quantitative estimate of drug-likeness (QED) is 0.131. The largest absolute Gasteiger partial charge is 0.511 e. The molecule has 0 aliphatic heterocycles. The van der Waals surface area contributed by atoms with Gasteiger partial charge in [-0.3, -0.25) is 0 Å². The van der Waals surface area contributed by atoms with Crippen molar-refractivity contribution in [3.8, 4) is 11.5 Å². The minimum Gasteiger partial charge on any atom is -0.504 e. The summed E-state index contributed by atoms with van der Waals surface area (Å²) in [5.41, 5.74) is 1.95. The fraction of sp³-hybridized carbons (Fsp3) is 0.720. The average molecular weight is 486 g/mol. The van der Waals surface area contributed by atoms with E-state index >= 15 is 0 Å². The van der Waals surface area contributed by atoms with Crippen LogP contribution in [0.5, 0.6) is 11.5 Å². The van der Waals surface area contributed by atoms with E-state index in [1.165, 1.54) is 70.6 Å². The number of aromatic hydroxyl groups is 1. The van der Waals surface area contributed by atoms with E-state index in [0.717, 1.165) is 47.7 Å². The minimum absolute atomic E-state index is 0.00970. The van der Waals surface area contributed by atoms with Crippen LogP contribution in [0.1, 0.15) is 115 Å². The van der Waals surface area contributed by atoms with Crippen molar-refractivity contribution in [2.24, 2.45) is 0 Å². The molecule has 0 amide bonds. The van der Waals surface area contributed by atoms with E-state index in [0.29, 0.717) is 0 Å². The summed E-state index contributed by atoms with van der Waals surface area (Å²) in [5, 5.41) is 19.7. The smallest absolute Gasteiger partial charge is 0.504 e. The van der Waals surface area contributed by atoms with Gasteiger partial charge >= 0.3 is 6.16 Å². The second-order valence-electron chi connectivity index (χ2n) is 8.27. The van der Waals surface area contributed by atoms with Crippen molar-refractivity contribution < 1.29 is 19.7 Å². The van der Waals surface area contributed by atoms with E-state index in [-0.39, 0.29) is 11.5 Å². The number of benzene rings is 1. The van der Waals surface area contributed by atoms with Crippen LogP contribution in [-0.4, -0.2) is 16.4 Å². The van der Waals surface area contributed by atoms with Crippen LogP contribution >= 0.6 is 15.9 Å². The molecule has 2 N–H and O–H groups in total. The van der Waals surface area contributed by atoms with Gasteiger partial charge in [-0.2, -0.15) is 0 Å². The third-order valence-electron chi connectivity index (χ3n) is 5.69. The molecule has 4 nitrogen and oxygen atoms in total. The van der Waals surface area contributed by atoms with Gasteiger partial charge in [0.2, 0.25) is 0 Å². The Balaban J connectivity index is 2.71. The number of hydrogen-bond acceptors (Lipinski definition) is 3. The van der Waals surface area contributed by atoms with Gasteiger partial charge in [0.05, 0.1) is 0 Å². The zero-order valence-electron chi connectivity index (χ0n) is 19.0. The highest BCUT2D eigenvalue weighted by Crippen LogP contribution is 2.39.